The molecule has 2 unspecified atom stereocenters. The third-order valence-corrected chi connectivity index (χ3v) is 4.31. The molecule has 24 heavy (non-hydrogen) atoms. The predicted molar refractivity (Wildman–Crippen MR) is 98.5 cm³/mol. The molecule has 0 saturated heterocycles. The van der Waals surface area contributed by atoms with Crippen molar-refractivity contribution in [1.29, 1.82) is 0 Å². The molecule has 0 radical (unpaired) electrons. The summed E-state index contributed by atoms with van der Waals surface area (Å²) < 4.78 is 0.793. The van der Waals surface area contributed by atoms with Crippen LogP contribution >= 0.6 is 0 Å². The standard InChI is InChI=1S/C20H34N2O2/c1-8-16(17-9-11-22(24)12-10-17)13-15(2)18(23)21-20(6,7)14-19(3,4)5/h9-12,15-16H,8,13-14H2,1-7H3,(H,21,23). The van der Waals surface area contributed by atoms with Gasteiger partial charge in [-0.2, -0.15) is 4.73 Å². The largest absolute Gasteiger partial charge is 0.619 e. The number of pyridine rings is 1. The van der Waals surface area contributed by atoms with Gasteiger partial charge in [-0.1, -0.05) is 34.6 Å². The van der Waals surface area contributed by atoms with Gasteiger partial charge in [0.05, 0.1) is 0 Å². The Morgan fingerprint density at radius 3 is 2.21 bits per heavy atom. The maximum absolute atomic E-state index is 12.6. The van der Waals surface area contributed by atoms with Crippen LogP contribution in [0.1, 0.15) is 79.2 Å². The second-order valence-electron chi connectivity index (χ2n) is 8.84. The number of carbonyl (C=O) groups excluding carboxylic acids is 1. The van der Waals surface area contributed by atoms with Crippen molar-refractivity contribution < 1.29 is 9.52 Å². The van der Waals surface area contributed by atoms with E-state index in [1.807, 2.05) is 19.1 Å². The van der Waals surface area contributed by atoms with E-state index in [1.165, 1.54) is 12.4 Å². The van der Waals surface area contributed by atoms with Gasteiger partial charge in [0.25, 0.3) is 0 Å². The molecule has 1 aromatic rings. The van der Waals surface area contributed by atoms with Crippen LogP contribution in [0.4, 0.5) is 0 Å². The first-order valence-corrected chi connectivity index (χ1v) is 8.94. The van der Waals surface area contributed by atoms with Crippen LogP contribution in [0.25, 0.3) is 0 Å². The highest BCUT2D eigenvalue weighted by molar-refractivity contribution is 5.79. The number of rotatable bonds is 7. The average molecular weight is 335 g/mol. The molecule has 4 heteroatoms. The summed E-state index contributed by atoms with van der Waals surface area (Å²) in [6.07, 6.45) is 5.71. The van der Waals surface area contributed by atoms with Gasteiger partial charge in [-0.15, -0.1) is 0 Å². The summed E-state index contributed by atoms with van der Waals surface area (Å²) in [5, 5.41) is 14.4. The van der Waals surface area contributed by atoms with Gasteiger partial charge in [0.2, 0.25) is 5.91 Å². The Hall–Kier alpha value is -1.58. The van der Waals surface area contributed by atoms with Gasteiger partial charge in [-0.05, 0) is 50.0 Å². The smallest absolute Gasteiger partial charge is 0.223 e. The number of hydrogen-bond acceptors (Lipinski definition) is 2. The van der Waals surface area contributed by atoms with E-state index in [1.54, 1.807) is 0 Å². The van der Waals surface area contributed by atoms with E-state index < -0.39 is 0 Å². The molecule has 136 valence electrons. The lowest BCUT2D eigenvalue weighted by Crippen LogP contribution is -2.47. The van der Waals surface area contributed by atoms with Gasteiger partial charge >= 0.3 is 0 Å². The fourth-order valence-electron chi connectivity index (χ4n) is 3.60. The summed E-state index contributed by atoms with van der Waals surface area (Å²) in [6.45, 7) is 14.9. The molecule has 1 N–H and O–H groups in total. The maximum atomic E-state index is 12.6. The number of nitrogens with one attached hydrogen (secondary N) is 1. The van der Waals surface area contributed by atoms with E-state index in [2.05, 4.69) is 46.9 Å². The summed E-state index contributed by atoms with van der Waals surface area (Å²) in [5.41, 5.74) is 1.08. The quantitative estimate of drug-likeness (QED) is 0.601. The van der Waals surface area contributed by atoms with E-state index in [9.17, 15) is 10.0 Å². The highest BCUT2D eigenvalue weighted by atomic mass is 16.5. The van der Waals surface area contributed by atoms with Crippen LogP contribution in [0.3, 0.4) is 0 Å². The fourth-order valence-corrected chi connectivity index (χ4v) is 3.60. The molecule has 0 aliphatic carbocycles. The Bertz CT molecular complexity index is 530. The van der Waals surface area contributed by atoms with Gasteiger partial charge in [-0.25, -0.2) is 0 Å². The van der Waals surface area contributed by atoms with Crippen molar-refractivity contribution in [2.24, 2.45) is 11.3 Å². The minimum atomic E-state index is -0.216. The first-order valence-electron chi connectivity index (χ1n) is 8.94. The molecule has 1 rings (SSSR count). The SMILES string of the molecule is CCC(CC(C)C(=O)NC(C)(C)CC(C)(C)C)c1cc[n+]([O-])cc1. The molecule has 0 saturated carbocycles. The average Bonchev–Trinajstić information content (AvgIpc) is 2.42. The first-order chi connectivity index (χ1) is 10.9. The number of hydrogen-bond donors (Lipinski definition) is 1. The molecule has 1 heterocycles. The normalized spacial score (nSPS) is 15.0. The molecular formula is C20H34N2O2. The van der Waals surface area contributed by atoms with Crippen LogP contribution in [0, 0.1) is 16.5 Å². The lowest BCUT2D eigenvalue weighted by Gasteiger charge is -2.34. The van der Waals surface area contributed by atoms with Crippen molar-refractivity contribution in [3.05, 3.63) is 35.3 Å². The zero-order chi connectivity index (χ0) is 18.5. The zero-order valence-electron chi connectivity index (χ0n) is 16.3. The number of amides is 1. The molecule has 1 aromatic heterocycles. The first kappa shape index (κ1) is 20.5. The van der Waals surface area contributed by atoms with Crippen LogP contribution < -0.4 is 10.0 Å². The molecule has 0 aliphatic heterocycles. The number of aromatic nitrogens is 1. The minimum Gasteiger partial charge on any atom is -0.619 e. The summed E-state index contributed by atoms with van der Waals surface area (Å²) in [6, 6.07) is 3.71. The lowest BCUT2D eigenvalue weighted by atomic mass is 9.81. The lowest BCUT2D eigenvalue weighted by molar-refractivity contribution is -0.605. The molecule has 0 aliphatic rings. The fraction of sp³-hybridized carbons (Fsp3) is 0.700. The van der Waals surface area contributed by atoms with Gasteiger partial charge in [0.15, 0.2) is 12.4 Å². The Kier molecular flexibility index (Phi) is 6.82. The van der Waals surface area contributed by atoms with Gasteiger partial charge in [-0.3, -0.25) is 4.79 Å². The molecule has 1 amide bonds. The summed E-state index contributed by atoms with van der Waals surface area (Å²) in [7, 11) is 0. The number of carbonyl (C=O) groups is 1. The molecule has 0 aromatic carbocycles. The van der Waals surface area contributed by atoms with Gasteiger partial charge in [0.1, 0.15) is 0 Å². The monoisotopic (exact) mass is 334 g/mol. The summed E-state index contributed by atoms with van der Waals surface area (Å²) in [5.74, 6) is 0.337. The van der Waals surface area contributed by atoms with Crippen molar-refractivity contribution in [2.45, 2.75) is 79.2 Å². The Morgan fingerprint density at radius 2 is 1.75 bits per heavy atom. The van der Waals surface area contributed by atoms with Crippen molar-refractivity contribution in [3.8, 4) is 0 Å². The van der Waals surface area contributed by atoms with Crippen LogP contribution in [-0.2, 0) is 4.79 Å². The molecular weight excluding hydrogens is 300 g/mol. The molecule has 0 fully saturated rings. The topological polar surface area (TPSA) is 56.0 Å². The summed E-state index contributed by atoms with van der Waals surface area (Å²) >= 11 is 0. The third-order valence-electron chi connectivity index (χ3n) is 4.31. The minimum absolute atomic E-state index is 0.0613. The molecule has 4 nitrogen and oxygen atoms in total. The maximum Gasteiger partial charge on any atom is 0.223 e. The second-order valence-corrected chi connectivity index (χ2v) is 8.84. The van der Waals surface area contributed by atoms with Gasteiger partial charge in [0, 0.05) is 23.6 Å². The van der Waals surface area contributed by atoms with Crippen LogP contribution in [-0.4, -0.2) is 11.4 Å². The van der Waals surface area contributed by atoms with Crippen molar-refractivity contribution >= 4 is 5.91 Å². The third kappa shape index (κ3) is 6.90. The van der Waals surface area contributed by atoms with Crippen molar-refractivity contribution in [2.75, 3.05) is 0 Å². The van der Waals surface area contributed by atoms with E-state index >= 15 is 0 Å². The van der Waals surface area contributed by atoms with E-state index in [-0.39, 0.29) is 28.7 Å². The molecule has 0 bridgehead atoms. The van der Waals surface area contributed by atoms with E-state index in [4.69, 9.17) is 0 Å². The molecule has 0 spiro atoms. The molecule has 2 atom stereocenters. The van der Waals surface area contributed by atoms with Gasteiger partial charge < -0.3 is 10.5 Å². The van der Waals surface area contributed by atoms with E-state index in [0.717, 1.165) is 29.6 Å². The van der Waals surface area contributed by atoms with Crippen LogP contribution in [0.5, 0.6) is 0 Å². The van der Waals surface area contributed by atoms with Crippen molar-refractivity contribution in [1.82, 2.24) is 5.32 Å². The predicted octanol–water partition coefficient (Wildman–Crippen LogP) is 4.17. The summed E-state index contributed by atoms with van der Waals surface area (Å²) in [4.78, 5) is 12.6. The Balaban J connectivity index is 2.69. The highest BCUT2D eigenvalue weighted by Crippen LogP contribution is 2.29. The van der Waals surface area contributed by atoms with Crippen LogP contribution in [0.2, 0.25) is 0 Å². The Morgan fingerprint density at radius 1 is 1.21 bits per heavy atom. The Labute approximate surface area is 147 Å². The number of nitrogens with zero attached hydrogens (tertiary/aromatic N) is 1. The highest BCUT2D eigenvalue weighted by Gasteiger charge is 2.29. The van der Waals surface area contributed by atoms with Crippen LogP contribution in [0.15, 0.2) is 24.5 Å². The van der Waals surface area contributed by atoms with Crippen molar-refractivity contribution in [3.63, 3.8) is 0 Å². The van der Waals surface area contributed by atoms with E-state index in [0.29, 0.717) is 0 Å². The zero-order valence-corrected chi connectivity index (χ0v) is 16.3. The second kappa shape index (κ2) is 8.00.